The van der Waals surface area contributed by atoms with E-state index in [0.717, 1.165) is 30.0 Å². The minimum Gasteiger partial charge on any atom is -0.324 e. The Balaban J connectivity index is 1.76. The van der Waals surface area contributed by atoms with Crippen LogP contribution >= 0.6 is 0 Å². The molecule has 0 saturated carbocycles. The summed E-state index contributed by atoms with van der Waals surface area (Å²) in [5, 5.41) is 14.2. The monoisotopic (exact) mass is 314 g/mol. The van der Waals surface area contributed by atoms with Gasteiger partial charge in [-0.3, -0.25) is 0 Å². The minimum absolute atomic E-state index is 0.0413. The lowest BCUT2D eigenvalue weighted by molar-refractivity contribution is 0.156. The standard InChI is InChI=1S/C16H22N6O/c1-11-6-12(2)9-21(8-11)16(23)18-15-7-14(5-4-13(15)3)22-10-17-19-20-22/h4-5,7,10-12H,6,8-9H2,1-3H3,(H,18,23). The SMILES string of the molecule is Cc1ccc(-n2cnnn2)cc1NC(=O)N1CC(C)CC(C)C1. The number of anilines is 1. The number of carbonyl (C=O) groups is 1. The molecule has 2 heterocycles. The molecule has 0 bridgehead atoms. The Hall–Kier alpha value is -2.44. The molecule has 1 fully saturated rings. The van der Waals surface area contributed by atoms with E-state index < -0.39 is 0 Å². The molecule has 7 heteroatoms. The summed E-state index contributed by atoms with van der Waals surface area (Å²) in [4.78, 5) is 14.5. The third-order valence-electron chi connectivity index (χ3n) is 4.23. The van der Waals surface area contributed by atoms with Gasteiger partial charge in [0.15, 0.2) is 0 Å². The maximum atomic E-state index is 12.6. The van der Waals surface area contributed by atoms with Crippen molar-refractivity contribution in [3.05, 3.63) is 30.1 Å². The number of urea groups is 1. The van der Waals surface area contributed by atoms with E-state index in [4.69, 9.17) is 0 Å². The van der Waals surface area contributed by atoms with Crippen molar-refractivity contribution in [3.63, 3.8) is 0 Å². The van der Waals surface area contributed by atoms with E-state index in [1.807, 2.05) is 30.0 Å². The van der Waals surface area contributed by atoms with Gasteiger partial charge in [-0.1, -0.05) is 19.9 Å². The summed E-state index contributed by atoms with van der Waals surface area (Å²) in [6.07, 6.45) is 2.71. The van der Waals surface area contributed by atoms with E-state index in [1.54, 1.807) is 4.68 Å². The summed E-state index contributed by atoms with van der Waals surface area (Å²) in [6, 6.07) is 5.72. The molecule has 2 unspecified atom stereocenters. The van der Waals surface area contributed by atoms with Crippen LogP contribution in [0.15, 0.2) is 24.5 Å². The van der Waals surface area contributed by atoms with Gasteiger partial charge in [0.1, 0.15) is 6.33 Å². The zero-order valence-electron chi connectivity index (χ0n) is 13.7. The third-order valence-corrected chi connectivity index (χ3v) is 4.23. The van der Waals surface area contributed by atoms with Gasteiger partial charge in [0, 0.05) is 18.8 Å². The normalized spacial score (nSPS) is 21.3. The molecule has 23 heavy (non-hydrogen) atoms. The fourth-order valence-electron chi connectivity index (χ4n) is 3.19. The maximum Gasteiger partial charge on any atom is 0.321 e. The van der Waals surface area contributed by atoms with Gasteiger partial charge >= 0.3 is 6.03 Å². The number of hydrogen-bond acceptors (Lipinski definition) is 4. The van der Waals surface area contributed by atoms with E-state index in [2.05, 4.69) is 34.7 Å². The Bertz CT molecular complexity index is 674. The van der Waals surface area contributed by atoms with Gasteiger partial charge in [-0.05, 0) is 53.3 Å². The van der Waals surface area contributed by atoms with E-state index in [9.17, 15) is 4.79 Å². The van der Waals surface area contributed by atoms with Crippen molar-refractivity contribution in [3.8, 4) is 5.69 Å². The molecule has 2 atom stereocenters. The average molecular weight is 314 g/mol. The number of rotatable bonds is 2. The predicted molar refractivity (Wildman–Crippen MR) is 87.4 cm³/mol. The molecule has 3 rings (SSSR count). The smallest absolute Gasteiger partial charge is 0.321 e. The summed E-state index contributed by atoms with van der Waals surface area (Å²) in [5.41, 5.74) is 2.61. The first-order chi connectivity index (χ1) is 11.0. The number of likely N-dealkylation sites (tertiary alicyclic amines) is 1. The van der Waals surface area contributed by atoms with Gasteiger partial charge in [0.05, 0.1) is 5.69 Å². The number of hydrogen-bond donors (Lipinski definition) is 1. The third kappa shape index (κ3) is 3.49. The zero-order valence-corrected chi connectivity index (χ0v) is 13.7. The highest BCUT2D eigenvalue weighted by Crippen LogP contribution is 2.23. The van der Waals surface area contributed by atoms with Crippen LogP contribution in [0.25, 0.3) is 5.69 Å². The quantitative estimate of drug-likeness (QED) is 0.924. The maximum absolute atomic E-state index is 12.6. The number of amides is 2. The molecule has 1 aliphatic heterocycles. The fraction of sp³-hybridized carbons (Fsp3) is 0.500. The first-order valence-corrected chi connectivity index (χ1v) is 7.93. The Kier molecular flexibility index (Phi) is 4.27. The highest BCUT2D eigenvalue weighted by molar-refractivity contribution is 5.90. The molecule has 0 radical (unpaired) electrons. The molecule has 1 aliphatic rings. The predicted octanol–water partition coefficient (Wildman–Crippen LogP) is 2.48. The van der Waals surface area contributed by atoms with E-state index in [-0.39, 0.29) is 6.03 Å². The molecular formula is C16H22N6O. The van der Waals surface area contributed by atoms with Crippen LogP contribution in [-0.4, -0.2) is 44.2 Å². The van der Waals surface area contributed by atoms with E-state index >= 15 is 0 Å². The Labute approximate surface area is 135 Å². The topological polar surface area (TPSA) is 75.9 Å². The minimum atomic E-state index is -0.0413. The molecule has 2 amide bonds. The van der Waals surface area contributed by atoms with Crippen LogP contribution in [0, 0.1) is 18.8 Å². The zero-order chi connectivity index (χ0) is 16.4. The summed E-state index contributed by atoms with van der Waals surface area (Å²) in [6.45, 7) is 7.98. The molecule has 2 aromatic rings. The molecule has 7 nitrogen and oxygen atoms in total. The second-order valence-electron chi connectivity index (χ2n) is 6.53. The number of benzene rings is 1. The second-order valence-corrected chi connectivity index (χ2v) is 6.53. The molecular weight excluding hydrogens is 292 g/mol. The lowest BCUT2D eigenvalue weighted by atomic mass is 9.92. The molecule has 1 aromatic carbocycles. The largest absolute Gasteiger partial charge is 0.324 e. The summed E-state index contributed by atoms with van der Waals surface area (Å²) >= 11 is 0. The van der Waals surface area contributed by atoms with Gasteiger partial charge in [-0.25, -0.2) is 9.48 Å². The van der Waals surface area contributed by atoms with Crippen molar-refractivity contribution in [1.82, 2.24) is 25.1 Å². The van der Waals surface area contributed by atoms with Crippen molar-refractivity contribution < 1.29 is 4.79 Å². The van der Waals surface area contributed by atoms with Gasteiger partial charge in [-0.15, -0.1) is 5.10 Å². The molecule has 0 spiro atoms. The van der Waals surface area contributed by atoms with Crippen LogP contribution in [0.1, 0.15) is 25.8 Å². The van der Waals surface area contributed by atoms with Gasteiger partial charge in [0.25, 0.3) is 0 Å². The van der Waals surface area contributed by atoms with Crippen LogP contribution in [-0.2, 0) is 0 Å². The molecule has 1 saturated heterocycles. The Morgan fingerprint density at radius 1 is 1.26 bits per heavy atom. The number of tetrazole rings is 1. The van der Waals surface area contributed by atoms with Gasteiger partial charge in [0.2, 0.25) is 0 Å². The highest BCUT2D eigenvalue weighted by atomic mass is 16.2. The van der Waals surface area contributed by atoms with Crippen LogP contribution in [0.3, 0.4) is 0 Å². The molecule has 1 N–H and O–H groups in total. The number of aryl methyl sites for hydroxylation is 1. The number of nitrogens with zero attached hydrogens (tertiary/aromatic N) is 5. The molecule has 0 aliphatic carbocycles. The second kappa shape index (κ2) is 6.36. The summed E-state index contributed by atoms with van der Waals surface area (Å²) < 4.78 is 1.57. The van der Waals surface area contributed by atoms with E-state index in [0.29, 0.717) is 11.8 Å². The number of aromatic nitrogens is 4. The van der Waals surface area contributed by atoms with Gasteiger partial charge < -0.3 is 10.2 Å². The lowest BCUT2D eigenvalue weighted by Crippen LogP contribution is -2.44. The molecule has 1 aromatic heterocycles. The van der Waals surface area contributed by atoms with Crippen LogP contribution in [0.5, 0.6) is 0 Å². The van der Waals surface area contributed by atoms with E-state index in [1.165, 1.54) is 12.7 Å². The molecule has 122 valence electrons. The van der Waals surface area contributed by atoms with Crippen molar-refractivity contribution in [1.29, 1.82) is 0 Å². The van der Waals surface area contributed by atoms with Gasteiger partial charge in [-0.2, -0.15) is 0 Å². The van der Waals surface area contributed by atoms with Crippen molar-refractivity contribution in [2.45, 2.75) is 27.2 Å². The Morgan fingerprint density at radius 3 is 2.65 bits per heavy atom. The Morgan fingerprint density at radius 2 is 2.00 bits per heavy atom. The first-order valence-electron chi connectivity index (χ1n) is 7.93. The van der Waals surface area contributed by atoms with Crippen molar-refractivity contribution >= 4 is 11.7 Å². The van der Waals surface area contributed by atoms with Crippen LogP contribution in [0.4, 0.5) is 10.5 Å². The summed E-state index contributed by atoms with van der Waals surface area (Å²) in [5.74, 6) is 1.08. The number of piperidine rings is 1. The average Bonchev–Trinajstić information content (AvgIpc) is 3.02. The van der Waals surface area contributed by atoms with Crippen LogP contribution < -0.4 is 5.32 Å². The number of nitrogens with one attached hydrogen (secondary N) is 1. The lowest BCUT2D eigenvalue weighted by Gasteiger charge is -2.35. The van der Waals surface area contributed by atoms with Crippen LogP contribution in [0.2, 0.25) is 0 Å². The fourth-order valence-corrected chi connectivity index (χ4v) is 3.19. The van der Waals surface area contributed by atoms with Crippen molar-refractivity contribution in [2.24, 2.45) is 11.8 Å². The van der Waals surface area contributed by atoms with Crippen molar-refractivity contribution in [2.75, 3.05) is 18.4 Å². The highest BCUT2D eigenvalue weighted by Gasteiger charge is 2.25. The first kappa shape index (κ1) is 15.5. The number of carbonyl (C=O) groups excluding carboxylic acids is 1. The summed E-state index contributed by atoms with van der Waals surface area (Å²) in [7, 11) is 0.